The number of fused-ring (bicyclic) bond motifs is 1. The van der Waals surface area contributed by atoms with Gasteiger partial charge in [-0.05, 0) is 45.7 Å². The molecule has 6 nitrogen and oxygen atoms in total. The summed E-state index contributed by atoms with van der Waals surface area (Å²) in [6, 6.07) is 5.37. The van der Waals surface area contributed by atoms with Gasteiger partial charge >= 0.3 is 0 Å². The van der Waals surface area contributed by atoms with Gasteiger partial charge in [0.2, 0.25) is 12.7 Å². The Morgan fingerprint density at radius 2 is 2.10 bits per heavy atom. The zero-order chi connectivity index (χ0) is 14.4. The lowest BCUT2D eigenvalue weighted by atomic mass is 10.3. The quantitative estimate of drug-likeness (QED) is 0.726. The predicted octanol–water partition coefficient (Wildman–Crippen LogP) is 0.895. The van der Waals surface area contributed by atoms with Gasteiger partial charge in [-0.25, -0.2) is 0 Å². The van der Waals surface area contributed by atoms with Crippen LogP contribution in [-0.4, -0.2) is 51.3 Å². The molecule has 1 aromatic carbocycles. The minimum Gasteiger partial charge on any atom is -0.454 e. The summed E-state index contributed by atoms with van der Waals surface area (Å²) in [4.78, 5) is 13.9. The number of hydrogen-bond donors (Lipinski definition) is 2. The number of nitrogens with zero attached hydrogens (tertiary/aromatic N) is 1. The van der Waals surface area contributed by atoms with E-state index in [1.54, 1.807) is 18.2 Å². The molecule has 1 aliphatic rings. The summed E-state index contributed by atoms with van der Waals surface area (Å²) in [7, 11) is 4.07. The molecule has 0 saturated carbocycles. The predicted molar refractivity (Wildman–Crippen MR) is 77.2 cm³/mol. The first-order valence-electron chi connectivity index (χ1n) is 6.70. The minimum absolute atomic E-state index is 0.0614. The van der Waals surface area contributed by atoms with Gasteiger partial charge < -0.3 is 25.0 Å². The zero-order valence-corrected chi connectivity index (χ0v) is 11.9. The number of carbonyl (C=O) groups excluding carboxylic acids is 1. The van der Waals surface area contributed by atoms with E-state index in [2.05, 4.69) is 15.5 Å². The summed E-state index contributed by atoms with van der Waals surface area (Å²) in [6.07, 6.45) is 1.02. The van der Waals surface area contributed by atoms with E-state index < -0.39 is 0 Å². The second-order valence-corrected chi connectivity index (χ2v) is 4.95. The summed E-state index contributed by atoms with van der Waals surface area (Å²) in [6.45, 7) is 2.38. The Hall–Kier alpha value is -1.79. The highest BCUT2D eigenvalue weighted by Gasteiger charge is 2.13. The van der Waals surface area contributed by atoms with Crippen molar-refractivity contribution in [2.45, 2.75) is 6.42 Å². The fourth-order valence-corrected chi connectivity index (χ4v) is 1.90. The van der Waals surface area contributed by atoms with E-state index in [4.69, 9.17) is 9.47 Å². The third-order valence-electron chi connectivity index (χ3n) is 2.90. The monoisotopic (exact) mass is 279 g/mol. The van der Waals surface area contributed by atoms with Gasteiger partial charge in [0.15, 0.2) is 11.5 Å². The molecular weight excluding hydrogens is 258 g/mol. The van der Waals surface area contributed by atoms with E-state index in [-0.39, 0.29) is 12.7 Å². The molecule has 20 heavy (non-hydrogen) atoms. The summed E-state index contributed by atoms with van der Waals surface area (Å²) in [5.74, 6) is 1.32. The Bertz CT molecular complexity index is 463. The van der Waals surface area contributed by atoms with Crippen molar-refractivity contribution >= 4 is 11.6 Å². The van der Waals surface area contributed by atoms with Crippen molar-refractivity contribution in [3.63, 3.8) is 0 Å². The van der Waals surface area contributed by atoms with Crippen LogP contribution < -0.4 is 20.1 Å². The second kappa shape index (κ2) is 7.12. The number of rotatable bonds is 7. The lowest BCUT2D eigenvalue weighted by molar-refractivity contribution is -0.115. The van der Waals surface area contributed by atoms with Crippen molar-refractivity contribution < 1.29 is 14.3 Å². The Kier molecular flexibility index (Phi) is 5.20. The first-order chi connectivity index (χ1) is 9.65. The molecule has 1 aromatic rings. The van der Waals surface area contributed by atoms with Gasteiger partial charge in [-0.2, -0.15) is 0 Å². The molecule has 2 rings (SSSR count). The van der Waals surface area contributed by atoms with Crippen LogP contribution in [0.3, 0.4) is 0 Å². The molecule has 0 saturated heterocycles. The lowest BCUT2D eigenvalue weighted by Crippen LogP contribution is -2.30. The molecule has 1 aliphatic heterocycles. The van der Waals surface area contributed by atoms with Crippen LogP contribution in [0.2, 0.25) is 0 Å². The van der Waals surface area contributed by atoms with Crippen molar-refractivity contribution in [1.29, 1.82) is 0 Å². The van der Waals surface area contributed by atoms with Crippen molar-refractivity contribution in [1.82, 2.24) is 10.2 Å². The summed E-state index contributed by atoms with van der Waals surface area (Å²) < 4.78 is 10.5. The van der Waals surface area contributed by atoms with Crippen LogP contribution in [0.1, 0.15) is 6.42 Å². The van der Waals surface area contributed by atoms with Gasteiger partial charge in [0, 0.05) is 11.8 Å². The van der Waals surface area contributed by atoms with Gasteiger partial charge in [-0.3, -0.25) is 4.79 Å². The standard InChI is InChI=1S/C14H21N3O3/c1-17(2)7-3-6-15-9-14(18)16-11-4-5-12-13(8-11)20-10-19-12/h4-5,8,15H,3,6-7,9-10H2,1-2H3,(H,16,18). The molecule has 0 bridgehead atoms. The minimum atomic E-state index is -0.0614. The van der Waals surface area contributed by atoms with E-state index in [9.17, 15) is 4.79 Å². The van der Waals surface area contributed by atoms with Crippen LogP contribution >= 0.6 is 0 Å². The molecule has 110 valence electrons. The molecular formula is C14H21N3O3. The fourth-order valence-electron chi connectivity index (χ4n) is 1.90. The van der Waals surface area contributed by atoms with Crippen molar-refractivity contribution in [2.24, 2.45) is 0 Å². The summed E-state index contributed by atoms with van der Waals surface area (Å²) in [5, 5.41) is 5.94. The van der Waals surface area contributed by atoms with Crippen LogP contribution in [0.25, 0.3) is 0 Å². The number of benzene rings is 1. The summed E-state index contributed by atoms with van der Waals surface area (Å²) >= 11 is 0. The topological polar surface area (TPSA) is 62.8 Å². The number of carbonyl (C=O) groups is 1. The Balaban J connectivity index is 1.69. The van der Waals surface area contributed by atoms with Crippen LogP contribution in [-0.2, 0) is 4.79 Å². The molecule has 0 aliphatic carbocycles. The maximum Gasteiger partial charge on any atom is 0.238 e. The number of amides is 1. The third-order valence-corrected chi connectivity index (χ3v) is 2.90. The van der Waals surface area contributed by atoms with E-state index in [1.165, 1.54) is 0 Å². The molecule has 0 aromatic heterocycles. The van der Waals surface area contributed by atoms with E-state index >= 15 is 0 Å². The molecule has 0 radical (unpaired) electrons. The third kappa shape index (κ3) is 4.40. The number of nitrogens with one attached hydrogen (secondary N) is 2. The van der Waals surface area contributed by atoms with Crippen LogP contribution in [0, 0.1) is 0 Å². The first-order valence-corrected chi connectivity index (χ1v) is 6.70. The second-order valence-electron chi connectivity index (χ2n) is 4.95. The largest absolute Gasteiger partial charge is 0.454 e. The lowest BCUT2D eigenvalue weighted by Gasteiger charge is -2.10. The van der Waals surface area contributed by atoms with Crippen LogP contribution in [0.5, 0.6) is 11.5 Å². The molecule has 0 fully saturated rings. The Labute approximate surface area is 119 Å². The Morgan fingerprint density at radius 3 is 2.90 bits per heavy atom. The van der Waals surface area contributed by atoms with Crippen molar-refractivity contribution in [3.8, 4) is 11.5 Å². The maximum atomic E-state index is 11.8. The molecule has 0 unspecified atom stereocenters. The van der Waals surface area contributed by atoms with Gasteiger partial charge in [0.05, 0.1) is 6.54 Å². The SMILES string of the molecule is CN(C)CCCNCC(=O)Nc1ccc2c(c1)OCO2. The number of hydrogen-bond acceptors (Lipinski definition) is 5. The number of anilines is 1. The zero-order valence-electron chi connectivity index (χ0n) is 11.9. The fraction of sp³-hybridized carbons (Fsp3) is 0.500. The maximum absolute atomic E-state index is 11.8. The Morgan fingerprint density at radius 1 is 1.30 bits per heavy atom. The molecule has 1 heterocycles. The molecule has 1 amide bonds. The molecule has 2 N–H and O–H groups in total. The van der Waals surface area contributed by atoms with Crippen LogP contribution in [0.4, 0.5) is 5.69 Å². The highest BCUT2D eigenvalue weighted by atomic mass is 16.7. The van der Waals surface area contributed by atoms with Crippen LogP contribution in [0.15, 0.2) is 18.2 Å². The van der Waals surface area contributed by atoms with Gasteiger partial charge in [0.1, 0.15) is 0 Å². The average molecular weight is 279 g/mol. The van der Waals surface area contributed by atoms with E-state index in [0.29, 0.717) is 23.7 Å². The smallest absolute Gasteiger partial charge is 0.238 e. The van der Waals surface area contributed by atoms with Gasteiger partial charge in [-0.1, -0.05) is 0 Å². The highest BCUT2D eigenvalue weighted by Crippen LogP contribution is 2.34. The number of ether oxygens (including phenoxy) is 2. The first kappa shape index (κ1) is 14.6. The average Bonchev–Trinajstić information content (AvgIpc) is 2.85. The molecule has 0 atom stereocenters. The molecule has 6 heteroatoms. The van der Waals surface area contributed by atoms with Crippen molar-refractivity contribution in [2.75, 3.05) is 45.8 Å². The summed E-state index contributed by atoms with van der Waals surface area (Å²) in [5.41, 5.74) is 0.717. The molecule has 0 spiro atoms. The van der Waals surface area contributed by atoms with Gasteiger partial charge in [0.25, 0.3) is 0 Å². The van der Waals surface area contributed by atoms with E-state index in [1.807, 2.05) is 14.1 Å². The van der Waals surface area contributed by atoms with Gasteiger partial charge in [-0.15, -0.1) is 0 Å². The van der Waals surface area contributed by atoms with Crippen molar-refractivity contribution in [3.05, 3.63) is 18.2 Å². The normalized spacial score (nSPS) is 12.8. The highest BCUT2D eigenvalue weighted by molar-refractivity contribution is 5.92. The van der Waals surface area contributed by atoms with E-state index in [0.717, 1.165) is 19.5 Å².